The molecule has 19 heavy (non-hydrogen) atoms. The van der Waals surface area contributed by atoms with E-state index in [4.69, 9.17) is 0 Å². The van der Waals surface area contributed by atoms with E-state index in [1.54, 1.807) is 0 Å². The van der Waals surface area contributed by atoms with Gasteiger partial charge in [0.2, 0.25) is 6.41 Å². The standard InChI is InChI=1S/C15H17N3O/c19-13-16-9-11-18(12-10-16)15-6-2-1-5-14(15)17-7-3-4-8-17/h1-8,13H,9-12H2. The van der Waals surface area contributed by atoms with Crippen molar-refractivity contribution in [2.45, 2.75) is 0 Å². The van der Waals surface area contributed by atoms with Crippen LogP contribution in [0.25, 0.3) is 5.69 Å². The van der Waals surface area contributed by atoms with Crippen molar-refractivity contribution in [3.63, 3.8) is 0 Å². The highest BCUT2D eigenvalue weighted by molar-refractivity contribution is 5.63. The van der Waals surface area contributed by atoms with E-state index in [0.717, 1.165) is 32.6 Å². The second-order valence-electron chi connectivity index (χ2n) is 4.71. The molecule has 0 saturated carbocycles. The van der Waals surface area contributed by atoms with Crippen LogP contribution in [0.2, 0.25) is 0 Å². The first-order chi connectivity index (χ1) is 9.38. The molecule has 2 aromatic rings. The molecule has 3 rings (SSSR count). The molecule has 0 aliphatic carbocycles. The molecule has 1 aliphatic rings. The first-order valence-electron chi connectivity index (χ1n) is 6.55. The van der Waals surface area contributed by atoms with Crippen molar-refractivity contribution >= 4 is 12.1 Å². The molecule has 0 N–H and O–H groups in total. The maximum atomic E-state index is 10.8. The van der Waals surface area contributed by atoms with Gasteiger partial charge in [0.05, 0.1) is 11.4 Å². The molecule has 0 atom stereocenters. The van der Waals surface area contributed by atoms with E-state index >= 15 is 0 Å². The predicted molar refractivity (Wildman–Crippen MR) is 75.6 cm³/mol. The van der Waals surface area contributed by atoms with Gasteiger partial charge in [0, 0.05) is 38.6 Å². The monoisotopic (exact) mass is 255 g/mol. The van der Waals surface area contributed by atoms with E-state index in [2.05, 4.69) is 46.1 Å². The Morgan fingerprint density at radius 2 is 1.47 bits per heavy atom. The molecule has 0 bridgehead atoms. The Kier molecular flexibility index (Phi) is 3.23. The number of hydrogen-bond acceptors (Lipinski definition) is 2. The Balaban J connectivity index is 1.87. The fourth-order valence-corrected chi connectivity index (χ4v) is 2.51. The van der Waals surface area contributed by atoms with Gasteiger partial charge in [-0.1, -0.05) is 12.1 Å². The zero-order chi connectivity index (χ0) is 13.1. The van der Waals surface area contributed by atoms with Gasteiger partial charge in [-0.3, -0.25) is 4.79 Å². The summed E-state index contributed by atoms with van der Waals surface area (Å²) >= 11 is 0. The van der Waals surface area contributed by atoms with Crippen molar-refractivity contribution < 1.29 is 4.79 Å². The molecule has 0 spiro atoms. The number of aromatic nitrogens is 1. The van der Waals surface area contributed by atoms with Crippen molar-refractivity contribution in [3.05, 3.63) is 48.8 Å². The Bertz CT molecular complexity index is 542. The van der Waals surface area contributed by atoms with E-state index in [0.29, 0.717) is 0 Å². The van der Waals surface area contributed by atoms with E-state index in [-0.39, 0.29) is 0 Å². The Morgan fingerprint density at radius 1 is 0.842 bits per heavy atom. The summed E-state index contributed by atoms with van der Waals surface area (Å²) in [6.07, 6.45) is 5.05. The summed E-state index contributed by atoms with van der Waals surface area (Å²) in [5.74, 6) is 0. The second-order valence-corrected chi connectivity index (χ2v) is 4.71. The first-order valence-corrected chi connectivity index (χ1v) is 6.55. The quantitative estimate of drug-likeness (QED) is 0.782. The summed E-state index contributed by atoms with van der Waals surface area (Å²) in [4.78, 5) is 14.9. The number of para-hydroxylation sites is 2. The highest BCUT2D eigenvalue weighted by atomic mass is 16.1. The highest BCUT2D eigenvalue weighted by Gasteiger charge is 2.18. The predicted octanol–water partition coefficient (Wildman–Crippen LogP) is 1.76. The van der Waals surface area contributed by atoms with Crippen LogP contribution in [0.1, 0.15) is 0 Å². The Hall–Kier alpha value is -2.23. The van der Waals surface area contributed by atoms with E-state index < -0.39 is 0 Å². The SMILES string of the molecule is O=CN1CCN(c2ccccc2-n2cccc2)CC1. The van der Waals surface area contributed by atoms with Gasteiger partial charge in [-0.15, -0.1) is 0 Å². The lowest BCUT2D eigenvalue weighted by Gasteiger charge is -2.35. The van der Waals surface area contributed by atoms with Gasteiger partial charge < -0.3 is 14.4 Å². The molecule has 1 saturated heterocycles. The topological polar surface area (TPSA) is 28.5 Å². The number of benzene rings is 1. The third-order valence-corrected chi connectivity index (χ3v) is 3.57. The third-order valence-electron chi connectivity index (χ3n) is 3.57. The smallest absolute Gasteiger partial charge is 0.209 e. The summed E-state index contributed by atoms with van der Waals surface area (Å²) in [5.41, 5.74) is 2.41. The Labute approximate surface area is 112 Å². The molecule has 0 unspecified atom stereocenters. The van der Waals surface area contributed by atoms with E-state index in [1.807, 2.05) is 17.0 Å². The minimum absolute atomic E-state index is 0.795. The number of rotatable bonds is 3. The lowest BCUT2D eigenvalue weighted by molar-refractivity contribution is -0.118. The summed E-state index contributed by atoms with van der Waals surface area (Å²) < 4.78 is 2.13. The number of carbonyl (C=O) groups excluding carboxylic acids is 1. The molecule has 1 aromatic carbocycles. The lowest BCUT2D eigenvalue weighted by Crippen LogP contribution is -2.46. The largest absolute Gasteiger partial charge is 0.366 e. The van der Waals surface area contributed by atoms with Crippen LogP contribution in [0.4, 0.5) is 5.69 Å². The molecule has 0 radical (unpaired) electrons. The number of anilines is 1. The maximum Gasteiger partial charge on any atom is 0.209 e. The molecular formula is C15H17N3O. The van der Waals surface area contributed by atoms with Gasteiger partial charge in [0.15, 0.2) is 0 Å². The molecule has 2 heterocycles. The number of nitrogens with zero attached hydrogens (tertiary/aromatic N) is 3. The minimum Gasteiger partial charge on any atom is -0.366 e. The molecule has 4 nitrogen and oxygen atoms in total. The number of piperazine rings is 1. The third kappa shape index (κ3) is 2.34. The fourth-order valence-electron chi connectivity index (χ4n) is 2.51. The molecule has 1 aromatic heterocycles. The van der Waals surface area contributed by atoms with Gasteiger partial charge in [0.1, 0.15) is 0 Å². The van der Waals surface area contributed by atoms with Crippen LogP contribution in [0.5, 0.6) is 0 Å². The van der Waals surface area contributed by atoms with Crippen molar-refractivity contribution in [3.8, 4) is 5.69 Å². The number of amides is 1. The minimum atomic E-state index is 0.795. The second kappa shape index (κ2) is 5.18. The summed E-state index contributed by atoms with van der Waals surface area (Å²) in [5, 5.41) is 0. The summed E-state index contributed by atoms with van der Waals surface area (Å²) in [6, 6.07) is 12.4. The molecule has 98 valence electrons. The molecule has 1 fully saturated rings. The number of hydrogen-bond donors (Lipinski definition) is 0. The van der Waals surface area contributed by atoms with Crippen LogP contribution in [0.3, 0.4) is 0 Å². The molecular weight excluding hydrogens is 238 g/mol. The number of carbonyl (C=O) groups is 1. The van der Waals surface area contributed by atoms with Crippen LogP contribution in [0, 0.1) is 0 Å². The zero-order valence-corrected chi connectivity index (χ0v) is 10.8. The van der Waals surface area contributed by atoms with Crippen LogP contribution < -0.4 is 4.90 Å². The zero-order valence-electron chi connectivity index (χ0n) is 10.8. The summed E-state index contributed by atoms with van der Waals surface area (Å²) in [6.45, 7) is 3.36. The molecule has 1 aliphatic heterocycles. The molecule has 1 amide bonds. The van der Waals surface area contributed by atoms with Crippen LogP contribution >= 0.6 is 0 Å². The van der Waals surface area contributed by atoms with Crippen molar-refractivity contribution in [1.29, 1.82) is 0 Å². The lowest BCUT2D eigenvalue weighted by atomic mass is 10.2. The average Bonchev–Trinajstić information content (AvgIpc) is 3.01. The average molecular weight is 255 g/mol. The highest BCUT2D eigenvalue weighted by Crippen LogP contribution is 2.25. The van der Waals surface area contributed by atoms with Crippen LogP contribution in [-0.4, -0.2) is 42.1 Å². The molecule has 4 heteroatoms. The van der Waals surface area contributed by atoms with Gasteiger partial charge >= 0.3 is 0 Å². The van der Waals surface area contributed by atoms with Gasteiger partial charge in [-0.25, -0.2) is 0 Å². The van der Waals surface area contributed by atoms with Crippen LogP contribution in [0.15, 0.2) is 48.8 Å². The van der Waals surface area contributed by atoms with Gasteiger partial charge in [-0.05, 0) is 24.3 Å². The first kappa shape index (κ1) is 11.8. The van der Waals surface area contributed by atoms with Crippen molar-refractivity contribution in [1.82, 2.24) is 9.47 Å². The van der Waals surface area contributed by atoms with E-state index in [1.165, 1.54) is 11.4 Å². The maximum absolute atomic E-state index is 10.8. The van der Waals surface area contributed by atoms with Crippen molar-refractivity contribution in [2.24, 2.45) is 0 Å². The van der Waals surface area contributed by atoms with E-state index in [9.17, 15) is 4.79 Å². The normalized spacial score (nSPS) is 15.6. The Morgan fingerprint density at radius 3 is 2.11 bits per heavy atom. The fraction of sp³-hybridized carbons (Fsp3) is 0.267. The van der Waals surface area contributed by atoms with Gasteiger partial charge in [-0.2, -0.15) is 0 Å². The van der Waals surface area contributed by atoms with Crippen molar-refractivity contribution in [2.75, 3.05) is 31.1 Å². The van der Waals surface area contributed by atoms with Gasteiger partial charge in [0.25, 0.3) is 0 Å². The van der Waals surface area contributed by atoms with Crippen LogP contribution in [-0.2, 0) is 4.79 Å². The summed E-state index contributed by atoms with van der Waals surface area (Å²) in [7, 11) is 0.